The molecule has 0 unspecified atom stereocenters. The van der Waals surface area contributed by atoms with E-state index in [2.05, 4.69) is 49.1 Å². The molecule has 0 N–H and O–H groups in total. The first kappa shape index (κ1) is 15.0. The van der Waals surface area contributed by atoms with Gasteiger partial charge in [-0.05, 0) is 26.0 Å². The van der Waals surface area contributed by atoms with Crippen molar-refractivity contribution in [2.75, 3.05) is 24.5 Å². The van der Waals surface area contributed by atoms with Gasteiger partial charge in [-0.15, -0.1) is 25.5 Å². The SMILES string of the molecule is Cc1nnc([C@H](C)N2CCN(c3ccc4nncn4n3)[C@@H](C)C2)o1. The van der Waals surface area contributed by atoms with Crippen LogP contribution in [0.25, 0.3) is 5.65 Å². The van der Waals surface area contributed by atoms with Gasteiger partial charge in [0.1, 0.15) is 12.1 Å². The van der Waals surface area contributed by atoms with Gasteiger partial charge in [-0.1, -0.05) is 0 Å². The maximum Gasteiger partial charge on any atom is 0.233 e. The Bertz CT molecular complexity index is 843. The second kappa shape index (κ2) is 5.82. The van der Waals surface area contributed by atoms with Crippen LogP contribution in [-0.4, -0.2) is 60.6 Å². The molecule has 4 heterocycles. The van der Waals surface area contributed by atoms with Gasteiger partial charge in [-0.25, -0.2) is 0 Å². The molecule has 1 saturated heterocycles. The zero-order chi connectivity index (χ0) is 16.7. The molecular formula is C15H20N8O. The minimum atomic E-state index is 0.115. The third-order valence-electron chi connectivity index (χ3n) is 4.55. The third-order valence-corrected chi connectivity index (χ3v) is 4.55. The zero-order valence-electron chi connectivity index (χ0n) is 14.0. The highest BCUT2D eigenvalue weighted by molar-refractivity contribution is 5.46. The van der Waals surface area contributed by atoms with Crippen molar-refractivity contribution >= 4 is 11.5 Å². The van der Waals surface area contributed by atoms with Gasteiger partial charge in [0, 0.05) is 32.6 Å². The van der Waals surface area contributed by atoms with Crippen LogP contribution in [0.4, 0.5) is 5.82 Å². The Labute approximate surface area is 139 Å². The molecule has 1 aliphatic heterocycles. The number of aromatic nitrogens is 6. The lowest BCUT2D eigenvalue weighted by molar-refractivity contribution is 0.152. The quantitative estimate of drug-likeness (QED) is 0.706. The van der Waals surface area contributed by atoms with Crippen LogP contribution in [0.1, 0.15) is 31.7 Å². The van der Waals surface area contributed by atoms with E-state index in [0.29, 0.717) is 17.8 Å². The number of anilines is 1. The van der Waals surface area contributed by atoms with Gasteiger partial charge in [-0.2, -0.15) is 4.52 Å². The van der Waals surface area contributed by atoms with E-state index in [0.717, 1.165) is 31.1 Å². The molecule has 1 fully saturated rings. The lowest BCUT2D eigenvalue weighted by Crippen LogP contribution is -2.52. The van der Waals surface area contributed by atoms with Gasteiger partial charge in [0.05, 0.1) is 6.04 Å². The first-order valence-electron chi connectivity index (χ1n) is 8.09. The highest BCUT2D eigenvalue weighted by atomic mass is 16.4. The van der Waals surface area contributed by atoms with Crippen molar-refractivity contribution < 1.29 is 4.42 Å². The molecule has 0 radical (unpaired) electrons. The molecule has 126 valence electrons. The fourth-order valence-corrected chi connectivity index (χ4v) is 3.19. The fraction of sp³-hybridized carbons (Fsp3) is 0.533. The number of rotatable bonds is 3. The highest BCUT2D eigenvalue weighted by Gasteiger charge is 2.30. The first-order chi connectivity index (χ1) is 11.6. The van der Waals surface area contributed by atoms with Crippen molar-refractivity contribution in [1.82, 2.24) is 34.9 Å². The normalized spacial score (nSPS) is 20.6. The predicted octanol–water partition coefficient (Wildman–Crippen LogP) is 1.09. The van der Waals surface area contributed by atoms with Gasteiger partial charge in [0.2, 0.25) is 11.8 Å². The van der Waals surface area contributed by atoms with Crippen LogP contribution in [0, 0.1) is 6.92 Å². The molecule has 0 amide bonds. The predicted molar refractivity (Wildman–Crippen MR) is 86.6 cm³/mol. The second-order valence-electron chi connectivity index (χ2n) is 6.20. The van der Waals surface area contributed by atoms with Crippen LogP contribution in [0.2, 0.25) is 0 Å². The Kier molecular flexibility index (Phi) is 3.64. The standard InChI is InChI=1S/C15H20N8O/c1-10-8-21(11(2)15-19-17-12(3)24-15)6-7-22(10)14-5-4-13-18-16-9-23(13)20-14/h4-5,9-11H,6-8H2,1-3H3/t10-,11-/m0/s1. The summed E-state index contributed by atoms with van der Waals surface area (Å²) in [7, 11) is 0. The lowest BCUT2D eigenvalue weighted by Gasteiger charge is -2.42. The molecule has 4 rings (SSSR count). The molecule has 9 nitrogen and oxygen atoms in total. The number of fused-ring (bicyclic) bond motifs is 1. The van der Waals surface area contributed by atoms with Crippen LogP contribution >= 0.6 is 0 Å². The molecule has 0 aromatic carbocycles. The minimum Gasteiger partial charge on any atom is -0.424 e. The molecule has 3 aromatic rings. The summed E-state index contributed by atoms with van der Waals surface area (Å²) in [6, 6.07) is 4.38. The van der Waals surface area contributed by atoms with Crippen molar-refractivity contribution in [2.45, 2.75) is 32.9 Å². The number of aryl methyl sites for hydroxylation is 1. The van der Waals surface area contributed by atoms with E-state index >= 15 is 0 Å². The van der Waals surface area contributed by atoms with Gasteiger partial charge in [0.25, 0.3) is 0 Å². The lowest BCUT2D eigenvalue weighted by atomic mass is 10.1. The van der Waals surface area contributed by atoms with Crippen molar-refractivity contribution in [1.29, 1.82) is 0 Å². The molecule has 24 heavy (non-hydrogen) atoms. The van der Waals surface area contributed by atoms with E-state index in [-0.39, 0.29) is 6.04 Å². The number of piperazine rings is 1. The maximum atomic E-state index is 5.58. The fourth-order valence-electron chi connectivity index (χ4n) is 3.19. The number of nitrogens with zero attached hydrogens (tertiary/aromatic N) is 8. The average Bonchev–Trinajstić information content (AvgIpc) is 3.22. The van der Waals surface area contributed by atoms with Crippen LogP contribution < -0.4 is 4.90 Å². The molecule has 9 heteroatoms. The molecule has 2 atom stereocenters. The second-order valence-corrected chi connectivity index (χ2v) is 6.20. The van der Waals surface area contributed by atoms with Gasteiger partial charge >= 0.3 is 0 Å². The third kappa shape index (κ3) is 2.60. The first-order valence-corrected chi connectivity index (χ1v) is 8.09. The largest absolute Gasteiger partial charge is 0.424 e. The van der Waals surface area contributed by atoms with E-state index in [1.807, 2.05) is 19.1 Å². The summed E-state index contributed by atoms with van der Waals surface area (Å²) >= 11 is 0. The van der Waals surface area contributed by atoms with Crippen LogP contribution in [0.3, 0.4) is 0 Å². The number of hydrogen-bond acceptors (Lipinski definition) is 8. The van der Waals surface area contributed by atoms with E-state index in [1.54, 1.807) is 10.8 Å². The minimum absolute atomic E-state index is 0.115. The molecule has 0 aliphatic carbocycles. The van der Waals surface area contributed by atoms with Crippen LogP contribution in [-0.2, 0) is 0 Å². The van der Waals surface area contributed by atoms with Crippen molar-refractivity contribution in [2.24, 2.45) is 0 Å². The molecular weight excluding hydrogens is 308 g/mol. The topological polar surface area (TPSA) is 88.5 Å². The monoisotopic (exact) mass is 328 g/mol. The maximum absolute atomic E-state index is 5.58. The van der Waals surface area contributed by atoms with Crippen LogP contribution in [0.5, 0.6) is 0 Å². The van der Waals surface area contributed by atoms with E-state index in [4.69, 9.17) is 4.42 Å². The smallest absolute Gasteiger partial charge is 0.233 e. The summed E-state index contributed by atoms with van der Waals surface area (Å²) in [6.07, 6.45) is 1.62. The Morgan fingerprint density at radius 3 is 2.83 bits per heavy atom. The Morgan fingerprint density at radius 2 is 2.08 bits per heavy atom. The Morgan fingerprint density at radius 1 is 1.21 bits per heavy atom. The van der Waals surface area contributed by atoms with Crippen molar-refractivity contribution in [3.8, 4) is 0 Å². The summed E-state index contributed by atoms with van der Waals surface area (Å²) in [5, 5.41) is 20.6. The van der Waals surface area contributed by atoms with Crippen molar-refractivity contribution in [3.63, 3.8) is 0 Å². The van der Waals surface area contributed by atoms with Gasteiger partial charge in [0.15, 0.2) is 5.65 Å². The summed E-state index contributed by atoms with van der Waals surface area (Å²) < 4.78 is 7.28. The summed E-state index contributed by atoms with van der Waals surface area (Å²) in [5.41, 5.74) is 0.755. The Hall–Kier alpha value is -2.55. The molecule has 0 spiro atoms. The van der Waals surface area contributed by atoms with Crippen molar-refractivity contribution in [3.05, 3.63) is 30.2 Å². The Balaban J connectivity index is 1.49. The molecule has 0 bridgehead atoms. The average molecular weight is 328 g/mol. The van der Waals surface area contributed by atoms with E-state index in [9.17, 15) is 0 Å². The molecule has 0 saturated carbocycles. The zero-order valence-corrected chi connectivity index (χ0v) is 14.0. The highest BCUT2D eigenvalue weighted by Crippen LogP contribution is 2.25. The van der Waals surface area contributed by atoms with Crippen LogP contribution in [0.15, 0.2) is 22.9 Å². The summed E-state index contributed by atoms with van der Waals surface area (Å²) in [5.74, 6) is 2.22. The number of hydrogen-bond donors (Lipinski definition) is 0. The summed E-state index contributed by atoms with van der Waals surface area (Å²) in [6.45, 7) is 8.84. The molecule has 1 aliphatic rings. The van der Waals surface area contributed by atoms with E-state index in [1.165, 1.54) is 0 Å². The van der Waals surface area contributed by atoms with Gasteiger partial charge in [-0.3, -0.25) is 4.90 Å². The van der Waals surface area contributed by atoms with Gasteiger partial charge < -0.3 is 9.32 Å². The molecule has 3 aromatic heterocycles. The van der Waals surface area contributed by atoms with E-state index < -0.39 is 0 Å². The summed E-state index contributed by atoms with van der Waals surface area (Å²) in [4.78, 5) is 4.67.